The summed E-state index contributed by atoms with van der Waals surface area (Å²) in [5.74, 6) is -0.362. The molecule has 0 unspecified atom stereocenters. The molecule has 0 saturated carbocycles. The molecule has 1 aromatic rings. The van der Waals surface area contributed by atoms with Gasteiger partial charge in [-0.15, -0.1) is 0 Å². The lowest BCUT2D eigenvalue weighted by Gasteiger charge is -2.07. The number of aromatic nitrogens is 2. The van der Waals surface area contributed by atoms with Crippen molar-refractivity contribution in [1.29, 1.82) is 0 Å². The highest BCUT2D eigenvalue weighted by Gasteiger charge is 2.09. The molecule has 5 nitrogen and oxygen atoms in total. The first-order valence-corrected chi connectivity index (χ1v) is 6.44. The third-order valence-corrected chi connectivity index (χ3v) is 2.38. The number of unbranched alkanes of at least 4 members (excludes halogenated alkanes) is 1. The van der Waals surface area contributed by atoms with E-state index in [1.165, 1.54) is 0 Å². The van der Waals surface area contributed by atoms with Crippen molar-refractivity contribution in [3.05, 3.63) is 18.2 Å². The van der Waals surface area contributed by atoms with Crippen LogP contribution in [0.1, 0.15) is 44.1 Å². The molecule has 0 aliphatic rings. The Morgan fingerprint density at radius 1 is 1.44 bits per heavy atom. The van der Waals surface area contributed by atoms with E-state index in [-0.39, 0.29) is 12.1 Å². The molecule has 0 aromatic carbocycles. The van der Waals surface area contributed by atoms with Gasteiger partial charge in [0, 0.05) is 19.3 Å². The van der Waals surface area contributed by atoms with Gasteiger partial charge in [-0.2, -0.15) is 0 Å². The zero-order chi connectivity index (χ0) is 13.4. The Morgan fingerprint density at radius 2 is 2.22 bits per heavy atom. The van der Waals surface area contributed by atoms with Gasteiger partial charge in [0.05, 0.1) is 19.0 Å². The summed E-state index contributed by atoms with van der Waals surface area (Å²) in [5.41, 5.74) is 0.371. The summed E-state index contributed by atoms with van der Waals surface area (Å²) in [6.07, 6.45) is 5.68. The van der Waals surface area contributed by atoms with Crippen LogP contribution in [0.25, 0.3) is 0 Å². The Bertz CT molecular complexity index is 361. The Hall–Kier alpha value is -1.36. The first-order chi connectivity index (χ1) is 8.63. The van der Waals surface area contributed by atoms with E-state index in [0.29, 0.717) is 12.3 Å². The standard InChI is InChI=1S/C13H22N2O3/c1-4-17-13(16)12-9-15(10-14-12)7-5-6-8-18-11(2)3/h9-11H,4-8H2,1-3H3. The summed E-state index contributed by atoms with van der Waals surface area (Å²) < 4.78 is 12.2. The number of rotatable bonds is 8. The molecule has 0 fully saturated rings. The van der Waals surface area contributed by atoms with Crippen molar-refractivity contribution >= 4 is 5.97 Å². The van der Waals surface area contributed by atoms with Gasteiger partial charge in [-0.25, -0.2) is 9.78 Å². The van der Waals surface area contributed by atoms with E-state index in [9.17, 15) is 4.79 Å². The second kappa shape index (κ2) is 7.87. The van der Waals surface area contributed by atoms with Gasteiger partial charge in [0.15, 0.2) is 5.69 Å². The minimum atomic E-state index is -0.362. The molecule has 1 heterocycles. The van der Waals surface area contributed by atoms with Gasteiger partial charge in [0.25, 0.3) is 0 Å². The smallest absolute Gasteiger partial charge is 0.358 e. The second-order valence-corrected chi connectivity index (χ2v) is 4.34. The first-order valence-electron chi connectivity index (χ1n) is 6.44. The fourth-order valence-corrected chi connectivity index (χ4v) is 1.51. The maximum Gasteiger partial charge on any atom is 0.358 e. The summed E-state index contributed by atoms with van der Waals surface area (Å²) in [5, 5.41) is 0. The van der Waals surface area contributed by atoms with Crippen LogP contribution in [0.2, 0.25) is 0 Å². The van der Waals surface area contributed by atoms with E-state index in [1.54, 1.807) is 19.4 Å². The first kappa shape index (κ1) is 14.7. The van der Waals surface area contributed by atoms with E-state index in [1.807, 2.05) is 18.4 Å². The highest BCUT2D eigenvalue weighted by atomic mass is 16.5. The zero-order valence-electron chi connectivity index (χ0n) is 11.4. The number of imidazole rings is 1. The van der Waals surface area contributed by atoms with Crippen LogP contribution in [0, 0.1) is 0 Å². The number of esters is 1. The molecule has 0 saturated heterocycles. The highest BCUT2D eigenvalue weighted by molar-refractivity contribution is 5.86. The maximum atomic E-state index is 11.4. The molecule has 0 N–H and O–H groups in total. The van der Waals surface area contributed by atoms with Crippen LogP contribution in [-0.2, 0) is 16.0 Å². The van der Waals surface area contributed by atoms with Crippen molar-refractivity contribution in [2.75, 3.05) is 13.2 Å². The largest absolute Gasteiger partial charge is 0.461 e. The predicted octanol–water partition coefficient (Wildman–Crippen LogP) is 2.27. The van der Waals surface area contributed by atoms with Crippen molar-refractivity contribution in [3.8, 4) is 0 Å². The van der Waals surface area contributed by atoms with E-state index in [4.69, 9.17) is 9.47 Å². The van der Waals surface area contributed by atoms with Crippen LogP contribution in [-0.4, -0.2) is 34.8 Å². The van der Waals surface area contributed by atoms with Gasteiger partial charge in [0.1, 0.15) is 0 Å². The topological polar surface area (TPSA) is 53.4 Å². The molecule has 1 aromatic heterocycles. The van der Waals surface area contributed by atoms with Crippen LogP contribution in [0.3, 0.4) is 0 Å². The SMILES string of the molecule is CCOC(=O)c1cn(CCCCOC(C)C)cn1. The van der Waals surface area contributed by atoms with E-state index < -0.39 is 0 Å². The second-order valence-electron chi connectivity index (χ2n) is 4.34. The lowest BCUT2D eigenvalue weighted by Crippen LogP contribution is -2.05. The highest BCUT2D eigenvalue weighted by Crippen LogP contribution is 2.02. The number of hydrogen-bond acceptors (Lipinski definition) is 4. The Kier molecular flexibility index (Phi) is 6.43. The molecule has 1 rings (SSSR count). The molecule has 0 bridgehead atoms. The molecule has 0 radical (unpaired) electrons. The van der Waals surface area contributed by atoms with Crippen LogP contribution in [0.15, 0.2) is 12.5 Å². The molecule has 18 heavy (non-hydrogen) atoms. The van der Waals surface area contributed by atoms with Crippen molar-refractivity contribution < 1.29 is 14.3 Å². The Balaban J connectivity index is 2.25. The van der Waals surface area contributed by atoms with Crippen molar-refractivity contribution in [2.24, 2.45) is 0 Å². The van der Waals surface area contributed by atoms with E-state index in [2.05, 4.69) is 4.98 Å². The molecule has 0 atom stereocenters. The number of carbonyl (C=O) groups excluding carboxylic acids is 1. The predicted molar refractivity (Wildman–Crippen MR) is 68.5 cm³/mol. The minimum Gasteiger partial charge on any atom is -0.461 e. The monoisotopic (exact) mass is 254 g/mol. The van der Waals surface area contributed by atoms with Crippen molar-refractivity contribution in [1.82, 2.24) is 9.55 Å². The van der Waals surface area contributed by atoms with Crippen molar-refractivity contribution in [3.63, 3.8) is 0 Å². The van der Waals surface area contributed by atoms with E-state index >= 15 is 0 Å². The molecule has 102 valence electrons. The number of ether oxygens (including phenoxy) is 2. The normalized spacial score (nSPS) is 10.9. The molecule has 0 aliphatic heterocycles. The van der Waals surface area contributed by atoms with Crippen molar-refractivity contribution in [2.45, 2.75) is 46.3 Å². The Morgan fingerprint density at radius 3 is 2.89 bits per heavy atom. The van der Waals surface area contributed by atoms with Crippen LogP contribution in [0.5, 0.6) is 0 Å². The van der Waals surface area contributed by atoms with Crippen LogP contribution < -0.4 is 0 Å². The molecule has 0 amide bonds. The van der Waals surface area contributed by atoms with Crippen LogP contribution in [0.4, 0.5) is 0 Å². The Labute approximate surface area is 108 Å². The quantitative estimate of drug-likeness (QED) is 0.527. The third-order valence-electron chi connectivity index (χ3n) is 2.38. The third kappa shape index (κ3) is 5.31. The summed E-state index contributed by atoms with van der Waals surface area (Å²) in [4.78, 5) is 15.4. The fourth-order valence-electron chi connectivity index (χ4n) is 1.51. The summed E-state index contributed by atoms with van der Waals surface area (Å²) in [6, 6.07) is 0. The van der Waals surface area contributed by atoms with Gasteiger partial charge in [0.2, 0.25) is 0 Å². The summed E-state index contributed by atoms with van der Waals surface area (Å²) in [6.45, 7) is 7.83. The van der Waals surface area contributed by atoms with E-state index in [0.717, 1.165) is 26.0 Å². The number of hydrogen-bond donors (Lipinski definition) is 0. The number of aryl methyl sites for hydroxylation is 1. The van der Waals surface area contributed by atoms with Gasteiger partial charge in [-0.05, 0) is 33.6 Å². The average molecular weight is 254 g/mol. The van der Waals surface area contributed by atoms with Crippen LogP contribution >= 0.6 is 0 Å². The summed E-state index contributed by atoms with van der Waals surface area (Å²) >= 11 is 0. The zero-order valence-corrected chi connectivity index (χ0v) is 11.4. The van der Waals surface area contributed by atoms with Gasteiger partial charge in [-0.3, -0.25) is 0 Å². The average Bonchev–Trinajstić information content (AvgIpc) is 2.77. The summed E-state index contributed by atoms with van der Waals surface area (Å²) in [7, 11) is 0. The minimum absolute atomic E-state index is 0.286. The number of carbonyl (C=O) groups is 1. The molecule has 0 aliphatic carbocycles. The number of nitrogens with zero attached hydrogens (tertiary/aromatic N) is 2. The fraction of sp³-hybridized carbons (Fsp3) is 0.692. The lowest BCUT2D eigenvalue weighted by molar-refractivity contribution is 0.0520. The van der Waals surface area contributed by atoms with Gasteiger partial charge >= 0.3 is 5.97 Å². The molecular weight excluding hydrogens is 232 g/mol. The van der Waals surface area contributed by atoms with Gasteiger partial charge < -0.3 is 14.0 Å². The molecule has 0 spiro atoms. The lowest BCUT2D eigenvalue weighted by atomic mass is 10.3. The molecule has 5 heteroatoms. The van der Waals surface area contributed by atoms with Gasteiger partial charge in [-0.1, -0.05) is 0 Å². The maximum absolute atomic E-state index is 11.4. The molecular formula is C13H22N2O3.